The largest absolute Gasteiger partial charge is 0.493 e. The molecule has 0 aliphatic carbocycles. The number of benzene rings is 1. The van der Waals surface area contributed by atoms with Crippen molar-refractivity contribution in [1.82, 2.24) is 19.9 Å². The van der Waals surface area contributed by atoms with Crippen molar-refractivity contribution in [3.8, 4) is 5.75 Å². The third-order valence-electron chi connectivity index (χ3n) is 7.52. The van der Waals surface area contributed by atoms with Crippen LogP contribution < -0.4 is 14.5 Å². The number of likely N-dealkylation sites (N-methyl/N-ethyl adjacent to an activating group) is 1. The van der Waals surface area contributed by atoms with Crippen molar-refractivity contribution in [2.24, 2.45) is 5.41 Å². The van der Waals surface area contributed by atoms with Crippen LogP contribution in [0.5, 0.6) is 5.75 Å². The van der Waals surface area contributed by atoms with E-state index in [4.69, 9.17) is 9.26 Å². The molecule has 2 aromatic heterocycles. The van der Waals surface area contributed by atoms with Gasteiger partial charge >= 0.3 is 0 Å². The third kappa shape index (κ3) is 9.32. The zero-order chi connectivity index (χ0) is 30.4. The van der Waals surface area contributed by atoms with Crippen LogP contribution in [0.25, 0.3) is 0 Å². The number of hydrogen-bond acceptors (Lipinski definition) is 8. The molecule has 1 aromatic carbocycles. The Morgan fingerprint density at radius 2 is 1.67 bits per heavy atom. The van der Waals surface area contributed by atoms with E-state index in [9.17, 15) is 14.4 Å². The topological polar surface area (TPSA) is 112 Å². The van der Waals surface area contributed by atoms with Crippen LogP contribution in [0.2, 0.25) is 0 Å². The molecule has 0 spiro atoms. The van der Waals surface area contributed by atoms with E-state index in [1.165, 1.54) is 0 Å². The Morgan fingerprint density at radius 1 is 0.978 bits per heavy atom. The van der Waals surface area contributed by atoms with Crippen LogP contribution in [-0.2, 0) is 16.1 Å². The molecule has 0 bridgehead atoms. The molecule has 0 unspecified atom stereocenters. The van der Waals surface area contributed by atoms with Gasteiger partial charge in [-0.3, -0.25) is 24.3 Å². The van der Waals surface area contributed by atoms with Gasteiger partial charge in [0.15, 0.2) is 5.69 Å². The molecule has 0 atom stereocenters. The third-order valence-corrected chi connectivity index (χ3v) is 7.52. The van der Waals surface area contributed by atoms with Gasteiger partial charge in [0.1, 0.15) is 16.9 Å². The zero-order valence-electron chi connectivity index (χ0n) is 26.5. The van der Waals surface area contributed by atoms with E-state index in [0.717, 1.165) is 18.5 Å². The molecule has 0 radical (unpaired) electrons. The molecule has 0 saturated carbocycles. The van der Waals surface area contributed by atoms with Crippen LogP contribution in [-0.4, -0.2) is 84.5 Å². The second kappa shape index (κ2) is 17.4. The number of halogens is 3. The number of rotatable bonds is 12. The number of ether oxygens (including phenoxy) is 1. The lowest BCUT2D eigenvalue weighted by Crippen LogP contribution is -2.47. The summed E-state index contributed by atoms with van der Waals surface area (Å²) in [6.07, 6.45) is 4.28. The standard InChI is InChI=1S/C31H40N6O5.3ClH/c1-7-37-26-10-9-24(20-27(26)35(6)29(39)31(3,4)30(37)40)41-18-8-15-36(21-23-11-13-32-14-12-23)17-16-34(5)28(38)25-19-22(2)42-33-25;;;/h9-14,19-20H,7-8,15-18,21H2,1-6H3;3*1H. The summed E-state index contributed by atoms with van der Waals surface area (Å²) in [5.74, 6) is 0.574. The van der Waals surface area contributed by atoms with Gasteiger partial charge in [-0.1, -0.05) is 5.16 Å². The Bertz CT molecular complexity index is 1420. The minimum atomic E-state index is -1.16. The lowest BCUT2D eigenvalue weighted by atomic mass is 9.90. The summed E-state index contributed by atoms with van der Waals surface area (Å²) in [5.41, 5.74) is 1.61. The van der Waals surface area contributed by atoms with Gasteiger partial charge in [-0.15, -0.1) is 37.2 Å². The minimum Gasteiger partial charge on any atom is -0.493 e. The maximum Gasteiger partial charge on any atom is 0.275 e. The number of carbonyl (C=O) groups excluding carboxylic acids is 3. The number of nitrogens with zero attached hydrogens (tertiary/aromatic N) is 6. The summed E-state index contributed by atoms with van der Waals surface area (Å²) in [7, 11) is 3.45. The predicted octanol–water partition coefficient (Wildman–Crippen LogP) is 5.04. The first-order valence-electron chi connectivity index (χ1n) is 14.2. The Kier molecular flexibility index (Phi) is 15.3. The van der Waals surface area contributed by atoms with E-state index in [2.05, 4.69) is 15.0 Å². The second-order valence-electron chi connectivity index (χ2n) is 11.1. The maximum absolute atomic E-state index is 13.1. The fourth-order valence-corrected chi connectivity index (χ4v) is 5.02. The number of hydrogen-bond donors (Lipinski definition) is 0. The highest BCUT2D eigenvalue weighted by molar-refractivity contribution is 6.20. The van der Waals surface area contributed by atoms with Gasteiger partial charge in [0, 0.05) is 71.3 Å². The molecule has 4 rings (SSSR count). The lowest BCUT2D eigenvalue weighted by molar-refractivity contribution is -0.137. The van der Waals surface area contributed by atoms with Gasteiger partial charge in [-0.05, 0) is 63.9 Å². The highest BCUT2D eigenvalue weighted by atomic mass is 35.5. The molecule has 14 heteroatoms. The summed E-state index contributed by atoms with van der Waals surface area (Å²) in [5, 5.41) is 3.84. The SMILES string of the molecule is CCN1C(=O)C(C)(C)C(=O)N(C)c2cc(OCCCN(CCN(C)C(=O)c3cc(C)on3)Cc3ccncc3)ccc21.Cl.Cl.Cl. The Labute approximate surface area is 283 Å². The predicted molar refractivity (Wildman–Crippen MR) is 181 cm³/mol. The van der Waals surface area contributed by atoms with Gasteiger partial charge < -0.3 is 24.0 Å². The summed E-state index contributed by atoms with van der Waals surface area (Å²) < 4.78 is 11.2. The molecule has 0 fully saturated rings. The minimum absolute atomic E-state index is 0. The molecule has 3 heterocycles. The number of carbonyl (C=O) groups is 3. The number of aryl methyl sites for hydroxylation is 1. The van der Waals surface area contributed by atoms with E-state index in [1.807, 2.05) is 37.3 Å². The van der Waals surface area contributed by atoms with Crippen LogP contribution in [0.4, 0.5) is 11.4 Å². The fraction of sp³-hybridized carbons (Fsp3) is 0.452. The average molecular weight is 686 g/mol. The van der Waals surface area contributed by atoms with Gasteiger partial charge in [0.05, 0.1) is 18.0 Å². The fourth-order valence-electron chi connectivity index (χ4n) is 5.02. The molecule has 1 aliphatic heterocycles. The Morgan fingerprint density at radius 3 is 2.29 bits per heavy atom. The normalized spacial score (nSPS) is 13.7. The molecule has 11 nitrogen and oxygen atoms in total. The molecule has 3 aromatic rings. The van der Waals surface area contributed by atoms with E-state index in [-0.39, 0.29) is 54.9 Å². The van der Waals surface area contributed by atoms with Crippen molar-refractivity contribution in [2.75, 3.05) is 56.7 Å². The van der Waals surface area contributed by atoms with E-state index in [0.29, 0.717) is 61.4 Å². The van der Waals surface area contributed by atoms with Gasteiger partial charge in [0.25, 0.3) is 5.91 Å². The molecule has 45 heavy (non-hydrogen) atoms. The highest BCUT2D eigenvalue weighted by Crippen LogP contribution is 2.40. The molecule has 248 valence electrons. The quantitative estimate of drug-likeness (QED) is 0.193. The Balaban J connectivity index is 0.00000337. The van der Waals surface area contributed by atoms with Crippen LogP contribution >= 0.6 is 37.2 Å². The van der Waals surface area contributed by atoms with Gasteiger partial charge in [0.2, 0.25) is 11.8 Å². The first-order valence-corrected chi connectivity index (χ1v) is 14.2. The number of fused-ring (bicyclic) bond motifs is 1. The first-order chi connectivity index (χ1) is 20.0. The number of anilines is 2. The summed E-state index contributed by atoms with van der Waals surface area (Å²) in [4.78, 5) is 50.2. The summed E-state index contributed by atoms with van der Waals surface area (Å²) in [6, 6.07) is 11.1. The van der Waals surface area contributed by atoms with Crippen molar-refractivity contribution in [3.05, 3.63) is 65.8 Å². The first kappa shape index (κ1) is 39.6. The second-order valence-corrected chi connectivity index (χ2v) is 11.1. The monoisotopic (exact) mass is 684 g/mol. The Hall–Kier alpha value is -3.38. The summed E-state index contributed by atoms with van der Waals surface area (Å²) in [6.45, 7) is 10.5. The van der Waals surface area contributed by atoms with Crippen molar-refractivity contribution in [2.45, 2.75) is 40.7 Å². The van der Waals surface area contributed by atoms with E-state index >= 15 is 0 Å². The average Bonchev–Trinajstić information content (AvgIpc) is 3.42. The molecule has 0 N–H and O–H groups in total. The van der Waals surface area contributed by atoms with Crippen LogP contribution in [0.1, 0.15) is 49.0 Å². The van der Waals surface area contributed by atoms with Crippen molar-refractivity contribution >= 4 is 66.3 Å². The van der Waals surface area contributed by atoms with Crippen molar-refractivity contribution in [3.63, 3.8) is 0 Å². The van der Waals surface area contributed by atoms with Gasteiger partial charge in [-0.2, -0.15) is 0 Å². The molecular weight excluding hydrogens is 643 g/mol. The highest BCUT2D eigenvalue weighted by Gasteiger charge is 2.45. The van der Waals surface area contributed by atoms with Crippen molar-refractivity contribution < 1.29 is 23.6 Å². The lowest BCUT2D eigenvalue weighted by Gasteiger charge is -2.27. The number of amides is 3. The van der Waals surface area contributed by atoms with Crippen LogP contribution in [0, 0.1) is 12.3 Å². The maximum atomic E-state index is 13.1. The van der Waals surface area contributed by atoms with E-state index < -0.39 is 5.41 Å². The van der Waals surface area contributed by atoms with Gasteiger partial charge in [-0.25, -0.2) is 0 Å². The smallest absolute Gasteiger partial charge is 0.275 e. The van der Waals surface area contributed by atoms with Crippen LogP contribution in [0.15, 0.2) is 53.3 Å². The summed E-state index contributed by atoms with van der Waals surface area (Å²) >= 11 is 0. The van der Waals surface area contributed by atoms with Crippen LogP contribution in [0.3, 0.4) is 0 Å². The van der Waals surface area contributed by atoms with E-state index in [1.54, 1.807) is 68.0 Å². The van der Waals surface area contributed by atoms with Crippen molar-refractivity contribution in [1.29, 1.82) is 0 Å². The zero-order valence-corrected chi connectivity index (χ0v) is 29.0. The molecule has 0 saturated heterocycles. The molecule has 3 amide bonds. The number of aromatic nitrogens is 2. The number of pyridine rings is 1. The molecular formula is C31H43Cl3N6O5. The molecule has 1 aliphatic rings.